The number of nitrogens with zero attached hydrogens (tertiary/aromatic N) is 2. The maximum atomic E-state index is 12.1. The molecule has 0 saturated heterocycles. The highest BCUT2D eigenvalue weighted by molar-refractivity contribution is 9.10. The zero-order valence-electron chi connectivity index (χ0n) is 10.9. The van der Waals surface area contributed by atoms with Gasteiger partial charge in [0, 0.05) is 10.7 Å². The standard InChI is InChI=1S/C14H8BrF3N2O2/c15-12-5-6-20(13(21)11(12)7-19)8-9-1-3-10(4-2-9)22-14(16,17)18/h1-6H,8H2. The van der Waals surface area contributed by atoms with E-state index in [9.17, 15) is 18.0 Å². The van der Waals surface area contributed by atoms with Crippen LogP contribution in [0, 0.1) is 11.3 Å². The monoisotopic (exact) mass is 372 g/mol. The summed E-state index contributed by atoms with van der Waals surface area (Å²) in [5.41, 5.74) is 0.0925. The van der Waals surface area contributed by atoms with Crippen molar-refractivity contribution in [1.29, 1.82) is 5.26 Å². The molecule has 1 aromatic carbocycles. The summed E-state index contributed by atoms with van der Waals surface area (Å²) in [6.07, 6.45) is -3.25. The largest absolute Gasteiger partial charge is 0.573 e. The molecule has 0 aliphatic heterocycles. The average molecular weight is 373 g/mol. The van der Waals surface area contributed by atoms with Crippen LogP contribution in [0.4, 0.5) is 13.2 Å². The fourth-order valence-corrected chi connectivity index (χ4v) is 2.15. The molecule has 2 rings (SSSR count). The van der Waals surface area contributed by atoms with E-state index in [1.165, 1.54) is 22.9 Å². The molecule has 4 nitrogen and oxygen atoms in total. The van der Waals surface area contributed by atoms with Gasteiger partial charge in [-0.1, -0.05) is 12.1 Å². The van der Waals surface area contributed by atoms with E-state index < -0.39 is 11.9 Å². The summed E-state index contributed by atoms with van der Waals surface area (Å²) in [4.78, 5) is 12.0. The molecule has 8 heteroatoms. The molecule has 0 radical (unpaired) electrons. The Labute approximate surface area is 131 Å². The molecule has 0 saturated carbocycles. The average Bonchev–Trinajstić information content (AvgIpc) is 2.43. The van der Waals surface area contributed by atoms with Crippen LogP contribution in [-0.2, 0) is 6.54 Å². The third-order valence-corrected chi connectivity index (χ3v) is 3.40. The number of nitriles is 1. The van der Waals surface area contributed by atoms with Gasteiger partial charge in [-0.05, 0) is 39.7 Å². The molecular weight excluding hydrogens is 365 g/mol. The van der Waals surface area contributed by atoms with Crippen molar-refractivity contribution in [3.63, 3.8) is 0 Å². The molecule has 1 aromatic heterocycles. The van der Waals surface area contributed by atoms with Gasteiger partial charge in [0.2, 0.25) is 0 Å². The van der Waals surface area contributed by atoms with Crippen LogP contribution in [0.5, 0.6) is 5.75 Å². The van der Waals surface area contributed by atoms with Crippen molar-refractivity contribution in [1.82, 2.24) is 4.57 Å². The number of rotatable bonds is 3. The van der Waals surface area contributed by atoms with Crippen LogP contribution in [0.3, 0.4) is 0 Å². The number of halogens is 4. The molecule has 0 amide bonds. The summed E-state index contributed by atoms with van der Waals surface area (Å²) in [7, 11) is 0. The van der Waals surface area contributed by atoms with Crippen molar-refractivity contribution in [2.75, 3.05) is 0 Å². The second-order valence-electron chi connectivity index (χ2n) is 4.28. The molecule has 0 spiro atoms. The first kappa shape index (κ1) is 16.1. The smallest absolute Gasteiger partial charge is 0.406 e. The lowest BCUT2D eigenvalue weighted by Gasteiger charge is -2.10. The summed E-state index contributed by atoms with van der Waals surface area (Å²) in [5.74, 6) is -0.336. The number of benzene rings is 1. The highest BCUT2D eigenvalue weighted by atomic mass is 79.9. The lowest BCUT2D eigenvalue weighted by molar-refractivity contribution is -0.274. The summed E-state index contributed by atoms with van der Waals surface area (Å²) in [6.45, 7) is 0.132. The second kappa shape index (κ2) is 6.23. The molecule has 114 valence electrons. The van der Waals surface area contributed by atoms with Crippen LogP contribution in [0.15, 0.2) is 45.8 Å². The summed E-state index contributed by atoms with van der Waals surface area (Å²) < 4.78 is 41.6. The summed E-state index contributed by atoms with van der Waals surface area (Å²) in [6, 6.07) is 8.52. The van der Waals surface area contributed by atoms with Gasteiger partial charge in [-0.25, -0.2) is 0 Å². The molecule has 0 fully saturated rings. The Balaban J connectivity index is 2.22. The van der Waals surface area contributed by atoms with Crippen LogP contribution in [0.2, 0.25) is 0 Å². The SMILES string of the molecule is N#Cc1c(Br)ccn(Cc2ccc(OC(F)(F)F)cc2)c1=O. The van der Waals surface area contributed by atoms with Gasteiger partial charge in [0.15, 0.2) is 0 Å². The number of alkyl halides is 3. The first-order valence-electron chi connectivity index (χ1n) is 5.94. The quantitative estimate of drug-likeness (QED) is 0.829. The Kier molecular flexibility index (Phi) is 4.56. The number of aromatic nitrogens is 1. The maximum Gasteiger partial charge on any atom is 0.573 e. The number of hydrogen-bond donors (Lipinski definition) is 0. The summed E-state index contributed by atoms with van der Waals surface area (Å²) in [5, 5.41) is 8.92. The summed E-state index contributed by atoms with van der Waals surface area (Å²) >= 11 is 3.11. The number of hydrogen-bond acceptors (Lipinski definition) is 3. The van der Waals surface area contributed by atoms with Crippen molar-refractivity contribution < 1.29 is 17.9 Å². The van der Waals surface area contributed by atoms with Gasteiger partial charge >= 0.3 is 6.36 Å². The number of pyridine rings is 1. The van der Waals surface area contributed by atoms with Crippen LogP contribution in [0.25, 0.3) is 0 Å². The van der Waals surface area contributed by atoms with Crippen molar-refractivity contribution in [3.05, 3.63) is 62.5 Å². The topological polar surface area (TPSA) is 55.0 Å². The molecule has 0 aliphatic carbocycles. The first-order valence-corrected chi connectivity index (χ1v) is 6.73. The Hall–Kier alpha value is -2.27. The minimum Gasteiger partial charge on any atom is -0.406 e. The molecule has 22 heavy (non-hydrogen) atoms. The second-order valence-corrected chi connectivity index (χ2v) is 5.13. The fourth-order valence-electron chi connectivity index (χ4n) is 1.77. The highest BCUT2D eigenvalue weighted by Gasteiger charge is 2.30. The van der Waals surface area contributed by atoms with Crippen LogP contribution in [0.1, 0.15) is 11.1 Å². The lowest BCUT2D eigenvalue weighted by Crippen LogP contribution is -2.22. The third kappa shape index (κ3) is 3.89. The minimum absolute atomic E-state index is 0.0282. The zero-order chi connectivity index (χ0) is 16.3. The first-order chi connectivity index (χ1) is 10.3. The van der Waals surface area contributed by atoms with Crippen molar-refractivity contribution >= 4 is 15.9 Å². The highest BCUT2D eigenvalue weighted by Crippen LogP contribution is 2.23. The van der Waals surface area contributed by atoms with E-state index in [0.29, 0.717) is 10.0 Å². The molecule has 0 aliphatic rings. The van der Waals surface area contributed by atoms with E-state index >= 15 is 0 Å². The van der Waals surface area contributed by atoms with E-state index in [2.05, 4.69) is 20.7 Å². The van der Waals surface area contributed by atoms with Crippen molar-refractivity contribution in [3.8, 4) is 11.8 Å². The predicted octanol–water partition coefficient (Wildman–Crippen LogP) is 3.43. The maximum absolute atomic E-state index is 12.1. The van der Waals surface area contributed by atoms with E-state index in [1.807, 2.05) is 0 Å². The van der Waals surface area contributed by atoms with Crippen molar-refractivity contribution in [2.45, 2.75) is 12.9 Å². The molecule has 1 heterocycles. The van der Waals surface area contributed by atoms with Crippen molar-refractivity contribution in [2.24, 2.45) is 0 Å². The van der Waals surface area contributed by atoms with E-state index in [1.54, 1.807) is 12.1 Å². The number of ether oxygens (including phenoxy) is 1. The van der Waals surface area contributed by atoms with Gasteiger partial charge in [-0.2, -0.15) is 5.26 Å². The normalized spacial score (nSPS) is 11.0. The molecule has 0 N–H and O–H groups in total. The van der Waals surface area contributed by atoms with Gasteiger partial charge in [-0.3, -0.25) is 4.79 Å². The molecule has 0 bridgehead atoms. The van der Waals surface area contributed by atoms with E-state index in [4.69, 9.17) is 5.26 Å². The van der Waals surface area contributed by atoms with Crippen LogP contribution in [-0.4, -0.2) is 10.9 Å². The van der Waals surface area contributed by atoms with E-state index in [-0.39, 0.29) is 17.9 Å². The van der Waals surface area contributed by atoms with Gasteiger partial charge < -0.3 is 9.30 Å². The Morgan fingerprint density at radius 2 is 1.86 bits per heavy atom. The van der Waals surface area contributed by atoms with Gasteiger partial charge in [0.1, 0.15) is 17.4 Å². The minimum atomic E-state index is -4.74. The zero-order valence-corrected chi connectivity index (χ0v) is 12.5. The molecule has 0 unspecified atom stereocenters. The molecular formula is C14H8BrF3N2O2. The predicted molar refractivity (Wildman–Crippen MR) is 75.3 cm³/mol. The lowest BCUT2D eigenvalue weighted by atomic mass is 10.2. The van der Waals surface area contributed by atoms with Crippen LogP contribution >= 0.6 is 15.9 Å². The Morgan fingerprint density at radius 3 is 2.41 bits per heavy atom. The molecule has 0 atom stereocenters. The van der Waals surface area contributed by atoms with Gasteiger partial charge in [0.25, 0.3) is 5.56 Å². The van der Waals surface area contributed by atoms with E-state index in [0.717, 1.165) is 12.1 Å². The van der Waals surface area contributed by atoms with Gasteiger partial charge in [-0.15, -0.1) is 13.2 Å². The Bertz CT molecular complexity index is 777. The Morgan fingerprint density at radius 1 is 1.23 bits per heavy atom. The van der Waals surface area contributed by atoms with Gasteiger partial charge in [0.05, 0.1) is 6.54 Å². The fraction of sp³-hybridized carbons (Fsp3) is 0.143. The third-order valence-electron chi connectivity index (χ3n) is 2.74. The molecule has 2 aromatic rings. The van der Waals surface area contributed by atoms with Crippen LogP contribution < -0.4 is 10.3 Å².